The number of halogens is 1. The predicted molar refractivity (Wildman–Crippen MR) is 60.4 cm³/mol. The van der Waals surface area contributed by atoms with Gasteiger partial charge in [-0.25, -0.2) is 0 Å². The van der Waals surface area contributed by atoms with Crippen molar-refractivity contribution in [1.82, 2.24) is 4.90 Å². The molecule has 14 heavy (non-hydrogen) atoms. The summed E-state index contributed by atoms with van der Waals surface area (Å²) in [6, 6.07) is 5.69. The van der Waals surface area contributed by atoms with Crippen molar-refractivity contribution in [3.05, 3.63) is 28.8 Å². The summed E-state index contributed by atoms with van der Waals surface area (Å²) in [6.07, 6.45) is 2.61. The van der Waals surface area contributed by atoms with Gasteiger partial charge >= 0.3 is 0 Å². The molecule has 2 nitrogen and oxygen atoms in total. The molecule has 1 aliphatic rings. The lowest BCUT2D eigenvalue weighted by atomic mass is 10.2. The highest BCUT2D eigenvalue weighted by Crippen LogP contribution is 2.22. The van der Waals surface area contributed by atoms with Crippen LogP contribution in [-0.2, 0) is 6.54 Å². The third-order valence-corrected chi connectivity index (χ3v) is 3.03. The maximum Gasteiger partial charge on any atom is 0.0452 e. The van der Waals surface area contributed by atoms with Crippen LogP contribution < -0.4 is 5.73 Å². The van der Waals surface area contributed by atoms with Crippen LogP contribution in [-0.4, -0.2) is 18.0 Å². The zero-order chi connectivity index (χ0) is 9.97. The van der Waals surface area contributed by atoms with Crippen molar-refractivity contribution in [3.63, 3.8) is 0 Å². The van der Waals surface area contributed by atoms with Gasteiger partial charge in [-0.15, -0.1) is 0 Å². The van der Waals surface area contributed by atoms with Gasteiger partial charge < -0.3 is 5.73 Å². The van der Waals surface area contributed by atoms with Gasteiger partial charge in [-0.2, -0.15) is 0 Å². The number of hydrogen-bond acceptors (Lipinski definition) is 2. The first-order valence-electron chi connectivity index (χ1n) is 5.02. The van der Waals surface area contributed by atoms with Crippen LogP contribution >= 0.6 is 11.6 Å². The van der Waals surface area contributed by atoms with Crippen molar-refractivity contribution in [2.45, 2.75) is 19.4 Å². The van der Waals surface area contributed by atoms with E-state index in [-0.39, 0.29) is 0 Å². The van der Waals surface area contributed by atoms with Gasteiger partial charge in [0.25, 0.3) is 0 Å². The van der Waals surface area contributed by atoms with Crippen LogP contribution in [0.3, 0.4) is 0 Å². The Morgan fingerprint density at radius 2 is 2.00 bits per heavy atom. The number of anilines is 1. The Morgan fingerprint density at radius 3 is 2.71 bits per heavy atom. The van der Waals surface area contributed by atoms with Crippen LogP contribution in [0.25, 0.3) is 0 Å². The molecule has 2 N–H and O–H groups in total. The zero-order valence-electron chi connectivity index (χ0n) is 8.17. The number of nitrogens with two attached hydrogens (primary N) is 1. The van der Waals surface area contributed by atoms with Crippen LogP contribution in [0, 0.1) is 0 Å². The Balaban J connectivity index is 2.10. The maximum absolute atomic E-state index is 6.09. The first-order chi connectivity index (χ1) is 6.75. The number of benzene rings is 1. The minimum atomic E-state index is 0.795. The van der Waals surface area contributed by atoms with Crippen LogP contribution in [0.5, 0.6) is 0 Å². The van der Waals surface area contributed by atoms with Gasteiger partial charge in [0.05, 0.1) is 0 Å². The SMILES string of the molecule is Nc1ccc(Cl)c(CN2CCCC2)c1. The number of hydrogen-bond donors (Lipinski definition) is 1. The van der Waals surface area contributed by atoms with Crippen molar-refractivity contribution in [2.24, 2.45) is 0 Å². The van der Waals surface area contributed by atoms with Crippen LogP contribution in [0.2, 0.25) is 5.02 Å². The molecular formula is C11H15ClN2. The van der Waals surface area contributed by atoms with E-state index in [0.29, 0.717) is 0 Å². The molecule has 1 saturated heterocycles. The van der Waals surface area contributed by atoms with Crippen molar-refractivity contribution in [1.29, 1.82) is 0 Å². The molecule has 1 aromatic rings. The molecule has 2 rings (SSSR count). The number of nitrogen functional groups attached to an aromatic ring is 1. The molecule has 1 aromatic carbocycles. The van der Waals surface area contributed by atoms with E-state index in [9.17, 15) is 0 Å². The lowest BCUT2D eigenvalue weighted by Gasteiger charge is -2.15. The van der Waals surface area contributed by atoms with Crippen molar-refractivity contribution in [3.8, 4) is 0 Å². The van der Waals surface area contributed by atoms with E-state index in [4.69, 9.17) is 17.3 Å². The summed E-state index contributed by atoms with van der Waals surface area (Å²) >= 11 is 6.09. The van der Waals surface area contributed by atoms with Gasteiger partial charge in [0, 0.05) is 17.3 Å². The van der Waals surface area contributed by atoms with Gasteiger partial charge in [0.1, 0.15) is 0 Å². The Labute approximate surface area is 89.7 Å². The Morgan fingerprint density at radius 1 is 1.29 bits per heavy atom. The van der Waals surface area contributed by atoms with Crippen LogP contribution in [0.15, 0.2) is 18.2 Å². The molecule has 0 atom stereocenters. The molecule has 3 heteroatoms. The maximum atomic E-state index is 6.09. The quantitative estimate of drug-likeness (QED) is 0.761. The van der Waals surface area contributed by atoms with Gasteiger partial charge in [-0.05, 0) is 49.7 Å². The lowest BCUT2D eigenvalue weighted by Crippen LogP contribution is -2.18. The third-order valence-electron chi connectivity index (χ3n) is 2.66. The summed E-state index contributed by atoms with van der Waals surface area (Å²) in [7, 11) is 0. The second kappa shape index (κ2) is 4.20. The average molecular weight is 211 g/mol. The monoisotopic (exact) mass is 210 g/mol. The summed E-state index contributed by atoms with van der Waals surface area (Å²) < 4.78 is 0. The van der Waals surface area contributed by atoms with Gasteiger partial charge in [0.2, 0.25) is 0 Å². The largest absolute Gasteiger partial charge is 0.399 e. The summed E-state index contributed by atoms with van der Waals surface area (Å²) in [4.78, 5) is 2.42. The summed E-state index contributed by atoms with van der Waals surface area (Å²) in [5, 5.41) is 0.825. The summed E-state index contributed by atoms with van der Waals surface area (Å²) in [5.74, 6) is 0. The highest BCUT2D eigenvalue weighted by atomic mass is 35.5. The third kappa shape index (κ3) is 2.20. The van der Waals surface area contributed by atoms with Crippen molar-refractivity contribution >= 4 is 17.3 Å². The van der Waals surface area contributed by atoms with Crippen LogP contribution in [0.1, 0.15) is 18.4 Å². The highest BCUT2D eigenvalue weighted by Gasteiger charge is 2.13. The van der Waals surface area contributed by atoms with E-state index < -0.39 is 0 Å². The fourth-order valence-corrected chi connectivity index (χ4v) is 2.07. The topological polar surface area (TPSA) is 29.3 Å². The average Bonchev–Trinajstić information content (AvgIpc) is 2.64. The van der Waals surface area contributed by atoms with Gasteiger partial charge in [0.15, 0.2) is 0 Å². The molecule has 0 saturated carbocycles. The number of likely N-dealkylation sites (tertiary alicyclic amines) is 1. The minimum Gasteiger partial charge on any atom is -0.399 e. The molecule has 0 radical (unpaired) electrons. The van der Waals surface area contributed by atoms with E-state index in [0.717, 1.165) is 22.8 Å². The Kier molecular flexibility index (Phi) is 2.94. The standard InChI is InChI=1S/C11H15ClN2/c12-11-4-3-10(13)7-9(11)8-14-5-1-2-6-14/h3-4,7H,1-2,5-6,8,13H2. The Bertz CT molecular complexity index is 319. The predicted octanol–water partition coefficient (Wildman–Crippen LogP) is 2.52. The van der Waals surface area contributed by atoms with Gasteiger partial charge in [-0.1, -0.05) is 11.6 Å². The normalized spacial score (nSPS) is 17.5. The second-order valence-corrected chi connectivity index (χ2v) is 4.24. The fourth-order valence-electron chi connectivity index (χ4n) is 1.90. The molecule has 1 fully saturated rings. The smallest absolute Gasteiger partial charge is 0.0452 e. The summed E-state index contributed by atoms with van der Waals surface area (Å²) in [5.41, 5.74) is 7.67. The molecule has 0 bridgehead atoms. The van der Waals surface area contributed by atoms with E-state index in [1.54, 1.807) is 0 Å². The van der Waals surface area contributed by atoms with E-state index >= 15 is 0 Å². The molecule has 1 heterocycles. The zero-order valence-corrected chi connectivity index (χ0v) is 8.93. The van der Waals surface area contributed by atoms with E-state index in [2.05, 4.69) is 4.90 Å². The highest BCUT2D eigenvalue weighted by molar-refractivity contribution is 6.31. The minimum absolute atomic E-state index is 0.795. The molecule has 0 amide bonds. The first kappa shape index (κ1) is 9.81. The lowest BCUT2D eigenvalue weighted by molar-refractivity contribution is 0.331. The molecule has 0 aromatic heterocycles. The second-order valence-electron chi connectivity index (χ2n) is 3.83. The fraction of sp³-hybridized carbons (Fsp3) is 0.455. The molecule has 76 valence electrons. The molecular weight excluding hydrogens is 196 g/mol. The van der Waals surface area contributed by atoms with E-state index in [1.165, 1.54) is 25.9 Å². The number of rotatable bonds is 2. The van der Waals surface area contributed by atoms with Crippen molar-refractivity contribution in [2.75, 3.05) is 18.8 Å². The molecule has 0 spiro atoms. The Hall–Kier alpha value is -0.730. The van der Waals surface area contributed by atoms with Crippen molar-refractivity contribution < 1.29 is 0 Å². The molecule has 1 aliphatic heterocycles. The van der Waals surface area contributed by atoms with Crippen LogP contribution in [0.4, 0.5) is 5.69 Å². The molecule has 0 aliphatic carbocycles. The first-order valence-corrected chi connectivity index (χ1v) is 5.40. The van der Waals surface area contributed by atoms with Gasteiger partial charge in [-0.3, -0.25) is 4.90 Å². The molecule has 0 unspecified atom stereocenters. The summed E-state index contributed by atoms with van der Waals surface area (Å²) in [6.45, 7) is 3.31. The number of nitrogens with zero attached hydrogens (tertiary/aromatic N) is 1. The van der Waals surface area contributed by atoms with E-state index in [1.807, 2.05) is 18.2 Å².